The van der Waals surface area contributed by atoms with Gasteiger partial charge >= 0.3 is 37.3 Å². The molecule has 0 saturated carbocycles. The van der Waals surface area contributed by atoms with Crippen LogP contribution in [0.4, 0.5) is 11.6 Å². The number of hydrogen-bond acceptors (Lipinski definition) is 28. The molecule has 0 aliphatic carbocycles. The van der Waals surface area contributed by atoms with Gasteiger partial charge in [-0.05, 0) is 0 Å². The highest BCUT2D eigenvalue weighted by Crippen LogP contribution is 2.61. The number of nitrogen functional groups attached to an aromatic ring is 1. The maximum Gasteiger partial charge on any atom is 0.481 e. The molecule has 4 aromatic heterocycles. The minimum atomic E-state index is -5.66. The first-order valence-corrected chi connectivity index (χ1v) is 29.2. The maximum atomic E-state index is 13.2. The third-order valence-corrected chi connectivity index (χ3v) is 15.7. The van der Waals surface area contributed by atoms with E-state index < -0.39 is 147 Å². The molecule has 12 atom stereocenters. The van der Waals surface area contributed by atoms with Crippen LogP contribution in [0.3, 0.4) is 0 Å². The largest absolute Gasteiger partial charge is 0.481 e. The molecule has 6 heterocycles. The second-order valence-electron chi connectivity index (χ2n) is 17.4. The Bertz CT molecular complexity index is 3020. The molecule has 0 radical (unpaired) electrons. The van der Waals surface area contributed by atoms with E-state index in [4.69, 9.17) is 34.0 Å². The Hall–Kier alpha value is -4.63. The van der Waals surface area contributed by atoms with Crippen LogP contribution < -0.4 is 21.7 Å². The van der Waals surface area contributed by atoms with Crippen molar-refractivity contribution in [2.75, 3.05) is 49.7 Å². The number of aliphatic hydroxyl groups excluding tert-OH is 4. The number of anilines is 2. The fourth-order valence-electron chi connectivity index (χ4n) is 7.33. The number of hydrogen-bond donors (Lipinski definition) is 15. The van der Waals surface area contributed by atoms with Crippen molar-refractivity contribution in [2.45, 2.75) is 87.9 Å². The molecule has 0 bridgehead atoms. The number of ether oxygens (including phenoxy) is 2. The molecule has 43 heteroatoms. The van der Waals surface area contributed by atoms with Crippen molar-refractivity contribution in [1.29, 1.82) is 0 Å². The molecule has 16 N–H and O–H groups in total. The predicted molar refractivity (Wildman–Crippen MR) is 256 cm³/mol. The number of nitrogens with one attached hydrogen (secondary N) is 3. The Morgan fingerprint density at radius 1 is 0.769 bits per heavy atom. The van der Waals surface area contributed by atoms with Gasteiger partial charge < -0.3 is 86.1 Å². The van der Waals surface area contributed by atoms with Crippen molar-refractivity contribution < 1.29 is 124 Å². The standard InChI is InChI=1S/C35H52N12O26P4S/c1-35(2,10-69-77(65,66)73-76(63,64)68-9-17-25(72-75(60,61)62)24(53)33(71-17)46-13-43-20-27(36)39-11-41-29(20)46)26(54)31(55)38-4-3-18(48)37-5-6-78-34(56)15(7-19(49)50)45-28-21-30(42-12-40-28)47(14-44-21)32-23(52)22(51)16(70-32)8-67-74(57,58)59/h11-17,22-26,32-33,51-54H,3-10H2,1-2H3,(H,37,48)(H,38,55)(H,49,50)(H,63,64)(H,65,66)(H2,36,39,41)(H,40,42,45)(H2,57,58,59)(H2,60,61,62)/t15?,16-,17?,22-,23-,24?,25?,26?,32-,33?/m1/s1. The van der Waals surface area contributed by atoms with Crippen molar-refractivity contribution in [3.8, 4) is 0 Å². The lowest BCUT2D eigenvalue weighted by Crippen LogP contribution is -2.46. The number of nitrogens with zero attached hydrogens (tertiary/aromatic N) is 8. The van der Waals surface area contributed by atoms with Gasteiger partial charge in [-0.25, -0.2) is 48.2 Å². The van der Waals surface area contributed by atoms with Crippen molar-refractivity contribution in [3.63, 3.8) is 0 Å². The molecule has 2 aliphatic rings. The normalized spacial score (nSPS) is 24.4. The summed E-state index contributed by atoms with van der Waals surface area (Å²) in [6, 6.07) is -1.42. The number of rotatable bonds is 28. The number of carbonyl (C=O) groups excluding carboxylic acids is 3. The molecule has 8 unspecified atom stereocenters. The lowest BCUT2D eigenvalue weighted by Gasteiger charge is -2.30. The maximum absolute atomic E-state index is 13.2. The lowest BCUT2D eigenvalue weighted by molar-refractivity contribution is -0.138. The number of carboxylic acids is 1. The number of phosphoric acid groups is 4. The average molecular weight is 1210 g/mol. The summed E-state index contributed by atoms with van der Waals surface area (Å²) in [5, 5.41) is 59.0. The fraction of sp³-hybridized carbons (Fsp3) is 0.600. The van der Waals surface area contributed by atoms with E-state index in [1.54, 1.807) is 0 Å². The van der Waals surface area contributed by atoms with E-state index in [1.807, 2.05) is 0 Å². The molecule has 0 aromatic carbocycles. The van der Waals surface area contributed by atoms with Gasteiger partial charge in [0, 0.05) is 30.7 Å². The number of carboxylic acid groups (broad SMARTS) is 1. The third-order valence-electron chi connectivity index (χ3n) is 11.1. The van der Waals surface area contributed by atoms with Crippen LogP contribution in [0.5, 0.6) is 0 Å². The number of aromatic nitrogens is 8. The highest BCUT2D eigenvalue weighted by atomic mass is 32.2. The molecular formula is C35H52N12O26P4S. The summed E-state index contributed by atoms with van der Waals surface area (Å²) in [5.41, 5.74) is 4.02. The summed E-state index contributed by atoms with van der Waals surface area (Å²) >= 11 is 0.634. The number of fused-ring (bicyclic) bond motifs is 2. The van der Waals surface area contributed by atoms with Gasteiger partial charge in [-0.15, -0.1) is 0 Å². The minimum absolute atomic E-state index is 0.00632. The van der Waals surface area contributed by atoms with Crippen molar-refractivity contribution in [1.82, 2.24) is 49.7 Å². The second-order valence-corrected chi connectivity index (χ2v) is 24.0. The quantitative estimate of drug-likeness (QED) is 0.0194. The number of aliphatic hydroxyl groups is 4. The van der Waals surface area contributed by atoms with Crippen LogP contribution in [0.25, 0.3) is 22.3 Å². The monoisotopic (exact) mass is 1210 g/mol. The van der Waals surface area contributed by atoms with E-state index in [1.165, 1.54) is 13.8 Å². The van der Waals surface area contributed by atoms with Crippen LogP contribution in [-0.4, -0.2) is 204 Å². The third kappa shape index (κ3) is 16.5. The highest BCUT2D eigenvalue weighted by Gasteiger charge is 2.51. The molecule has 0 spiro atoms. The number of nitrogens with two attached hydrogens (primary N) is 1. The van der Waals surface area contributed by atoms with E-state index in [0.29, 0.717) is 11.8 Å². The van der Waals surface area contributed by atoms with Crippen LogP contribution in [0.2, 0.25) is 0 Å². The smallest absolute Gasteiger partial charge is 0.481 e. The van der Waals surface area contributed by atoms with Crippen LogP contribution in [0, 0.1) is 5.41 Å². The SMILES string of the molecule is CC(C)(COP(=O)(O)OP(=O)(O)OCC1OC(n2cnc3c(N)ncnc32)C(O)C1OP(=O)(O)O)C(O)C(=O)NCCC(=O)NCCSC(=O)C(CC(=O)O)Nc1ncnc2c1ncn2[C@@H]1O[C@H](COP(=O)(O)O)[C@@H](O)[C@H]1O. The Balaban J connectivity index is 0.921. The summed E-state index contributed by atoms with van der Waals surface area (Å²) in [7, 11) is -21.6. The fourth-order valence-corrected chi connectivity index (χ4v) is 11.2. The van der Waals surface area contributed by atoms with Crippen LogP contribution in [0.1, 0.15) is 39.1 Å². The molecule has 4 aromatic rings. The zero-order valence-electron chi connectivity index (χ0n) is 40.1. The molecule has 2 saturated heterocycles. The summed E-state index contributed by atoms with van der Waals surface area (Å²) in [6.45, 7) is -1.10. The number of imidazole rings is 2. The number of aliphatic carboxylic acids is 1. The predicted octanol–water partition coefficient (Wildman–Crippen LogP) is -3.51. The van der Waals surface area contributed by atoms with Crippen molar-refractivity contribution >= 4 is 99.9 Å². The van der Waals surface area contributed by atoms with Gasteiger partial charge in [0.15, 0.2) is 40.9 Å². The van der Waals surface area contributed by atoms with E-state index in [0.717, 1.165) is 34.4 Å². The molecule has 2 aliphatic heterocycles. The first-order valence-electron chi connectivity index (χ1n) is 22.2. The molecule has 2 amide bonds. The first kappa shape index (κ1) is 62.6. The molecule has 434 valence electrons. The summed E-state index contributed by atoms with van der Waals surface area (Å²) < 4.78 is 84.7. The van der Waals surface area contributed by atoms with Crippen LogP contribution >= 0.6 is 43.1 Å². The van der Waals surface area contributed by atoms with E-state index >= 15 is 0 Å². The van der Waals surface area contributed by atoms with E-state index in [-0.39, 0.29) is 59.2 Å². The minimum Gasteiger partial charge on any atom is -0.481 e. The highest BCUT2D eigenvalue weighted by molar-refractivity contribution is 8.13. The summed E-state index contributed by atoms with van der Waals surface area (Å²) in [5.74, 6) is -3.41. The van der Waals surface area contributed by atoms with Gasteiger partial charge in [-0.3, -0.25) is 46.4 Å². The number of thioether (sulfide) groups is 1. The zero-order valence-corrected chi connectivity index (χ0v) is 44.5. The van der Waals surface area contributed by atoms with E-state index in [2.05, 4.69) is 59.2 Å². The molecule has 2 fully saturated rings. The van der Waals surface area contributed by atoms with Crippen molar-refractivity contribution in [2.24, 2.45) is 5.41 Å². The van der Waals surface area contributed by atoms with Gasteiger partial charge in [0.1, 0.15) is 66.9 Å². The van der Waals surface area contributed by atoms with Crippen LogP contribution in [0.15, 0.2) is 25.3 Å². The number of amides is 2. The topological polar surface area (TPSA) is 573 Å². The zero-order chi connectivity index (χ0) is 57.7. The van der Waals surface area contributed by atoms with Crippen molar-refractivity contribution in [3.05, 3.63) is 25.3 Å². The summed E-state index contributed by atoms with van der Waals surface area (Å²) in [4.78, 5) is 132. The van der Waals surface area contributed by atoms with Gasteiger partial charge in [0.25, 0.3) is 0 Å². The molecular weight excluding hydrogens is 1160 g/mol. The van der Waals surface area contributed by atoms with Gasteiger partial charge in [0.05, 0.1) is 38.9 Å². The first-order chi connectivity index (χ1) is 36.3. The number of phosphoric ester groups is 4. The van der Waals surface area contributed by atoms with E-state index in [9.17, 15) is 82.5 Å². The Morgan fingerprint density at radius 3 is 2.00 bits per heavy atom. The van der Waals surface area contributed by atoms with Crippen LogP contribution in [-0.2, 0) is 69.3 Å². The average Bonchev–Trinajstić information content (AvgIpc) is 4.29. The molecule has 78 heavy (non-hydrogen) atoms. The van der Waals surface area contributed by atoms with Gasteiger partial charge in [-0.2, -0.15) is 4.31 Å². The second kappa shape index (κ2) is 25.4. The van der Waals surface area contributed by atoms with Gasteiger partial charge in [-0.1, -0.05) is 25.6 Å². The lowest BCUT2D eigenvalue weighted by atomic mass is 9.87. The Kier molecular flexibility index (Phi) is 20.4. The molecule has 6 rings (SSSR count). The number of carbonyl (C=O) groups is 4. The molecule has 38 nitrogen and oxygen atoms in total. The van der Waals surface area contributed by atoms with Gasteiger partial charge in [0.2, 0.25) is 16.9 Å². The summed E-state index contributed by atoms with van der Waals surface area (Å²) in [6.07, 6.45) is -12.2. The Labute approximate surface area is 441 Å². The Morgan fingerprint density at radius 2 is 1.36 bits per heavy atom.